The highest BCUT2D eigenvalue weighted by molar-refractivity contribution is 5.50. The molecule has 0 saturated carbocycles. The molecule has 0 heterocycles. The highest BCUT2D eigenvalue weighted by Crippen LogP contribution is 2.24. The van der Waals surface area contributed by atoms with Crippen LogP contribution in [0, 0.1) is 31.0 Å². The van der Waals surface area contributed by atoms with E-state index in [1.54, 1.807) is 18.2 Å². The van der Waals surface area contributed by atoms with Crippen LogP contribution in [0.1, 0.15) is 22.7 Å². The number of hydrogen-bond donors (Lipinski definition) is 1. The van der Waals surface area contributed by atoms with Gasteiger partial charge in [-0.05, 0) is 37.1 Å². The second-order valence-corrected chi connectivity index (χ2v) is 4.55. The first-order chi connectivity index (χ1) is 9.11. The second-order valence-electron chi connectivity index (χ2n) is 4.55. The highest BCUT2D eigenvalue weighted by Gasteiger charge is 2.14. The number of nitriles is 1. The third-order valence-electron chi connectivity index (χ3n) is 3.04. The van der Waals surface area contributed by atoms with Crippen molar-refractivity contribution in [3.05, 3.63) is 65.0 Å². The summed E-state index contributed by atoms with van der Waals surface area (Å²) in [5, 5.41) is 12.2. The molecular formula is C16H15FN2. The van der Waals surface area contributed by atoms with Gasteiger partial charge in [0, 0.05) is 0 Å². The number of halogens is 1. The number of nitrogens with one attached hydrogen (secondary N) is 1. The Kier molecular flexibility index (Phi) is 3.82. The molecule has 0 fully saturated rings. The number of nitrogens with zero attached hydrogens (tertiary/aromatic N) is 1. The fourth-order valence-corrected chi connectivity index (χ4v) is 2.06. The summed E-state index contributed by atoms with van der Waals surface area (Å²) in [6, 6.07) is 13.9. The van der Waals surface area contributed by atoms with Crippen LogP contribution in [0.2, 0.25) is 0 Å². The number of anilines is 1. The van der Waals surface area contributed by atoms with Crippen molar-refractivity contribution < 1.29 is 4.39 Å². The van der Waals surface area contributed by atoms with Crippen LogP contribution < -0.4 is 5.32 Å². The number of para-hydroxylation sites is 1. The fourth-order valence-electron chi connectivity index (χ4n) is 2.06. The lowest BCUT2D eigenvalue weighted by Crippen LogP contribution is -2.11. The zero-order valence-corrected chi connectivity index (χ0v) is 10.9. The Labute approximate surface area is 112 Å². The Balaban J connectivity index is 2.31. The normalized spacial score (nSPS) is 11.7. The summed E-state index contributed by atoms with van der Waals surface area (Å²) in [4.78, 5) is 0. The van der Waals surface area contributed by atoms with Crippen molar-refractivity contribution in [1.82, 2.24) is 0 Å². The molecule has 2 aromatic rings. The first-order valence-electron chi connectivity index (χ1n) is 6.09. The smallest absolute Gasteiger partial charge is 0.146 e. The average molecular weight is 254 g/mol. The Hall–Kier alpha value is -2.34. The van der Waals surface area contributed by atoms with E-state index in [1.807, 2.05) is 32.0 Å². The van der Waals surface area contributed by atoms with Gasteiger partial charge in [0.15, 0.2) is 0 Å². The zero-order valence-electron chi connectivity index (χ0n) is 10.9. The van der Waals surface area contributed by atoms with Crippen molar-refractivity contribution in [2.24, 2.45) is 0 Å². The molecule has 1 N–H and O–H groups in total. The number of aryl methyl sites for hydroxylation is 2. The van der Waals surface area contributed by atoms with Crippen LogP contribution in [0.3, 0.4) is 0 Å². The molecule has 0 bridgehead atoms. The molecule has 0 saturated heterocycles. The van der Waals surface area contributed by atoms with E-state index in [0.717, 1.165) is 16.7 Å². The van der Waals surface area contributed by atoms with Crippen LogP contribution in [0.4, 0.5) is 10.1 Å². The first kappa shape index (κ1) is 13.1. The van der Waals surface area contributed by atoms with Crippen molar-refractivity contribution in [3.63, 3.8) is 0 Å². The SMILES string of the molecule is Cc1ccc(C(C#N)Nc2ccccc2F)c(C)c1. The quantitative estimate of drug-likeness (QED) is 0.894. The summed E-state index contributed by atoms with van der Waals surface area (Å²) in [6.45, 7) is 3.96. The van der Waals surface area contributed by atoms with E-state index in [9.17, 15) is 9.65 Å². The standard InChI is InChI=1S/C16H15FN2/c1-11-7-8-13(12(2)9-11)16(10-18)19-15-6-4-3-5-14(15)17/h3-9,16,19H,1-2H3. The van der Waals surface area contributed by atoms with Crippen LogP contribution in [0.25, 0.3) is 0 Å². The van der Waals surface area contributed by atoms with Gasteiger partial charge in [0.1, 0.15) is 11.9 Å². The van der Waals surface area contributed by atoms with Gasteiger partial charge in [0.2, 0.25) is 0 Å². The van der Waals surface area contributed by atoms with E-state index in [-0.39, 0.29) is 5.82 Å². The van der Waals surface area contributed by atoms with Gasteiger partial charge in [0.25, 0.3) is 0 Å². The van der Waals surface area contributed by atoms with E-state index < -0.39 is 6.04 Å². The summed E-state index contributed by atoms with van der Waals surface area (Å²) in [6.07, 6.45) is 0. The summed E-state index contributed by atoms with van der Waals surface area (Å²) < 4.78 is 13.6. The van der Waals surface area contributed by atoms with Crippen LogP contribution in [0.5, 0.6) is 0 Å². The monoisotopic (exact) mass is 254 g/mol. The molecule has 0 amide bonds. The lowest BCUT2D eigenvalue weighted by atomic mass is 10.00. The topological polar surface area (TPSA) is 35.8 Å². The van der Waals surface area contributed by atoms with Gasteiger partial charge < -0.3 is 5.32 Å². The minimum atomic E-state index is -0.558. The lowest BCUT2D eigenvalue weighted by molar-refractivity contribution is 0.629. The minimum absolute atomic E-state index is 0.342. The van der Waals surface area contributed by atoms with Crippen molar-refractivity contribution in [1.29, 1.82) is 5.26 Å². The molecule has 1 atom stereocenters. The van der Waals surface area contributed by atoms with E-state index in [2.05, 4.69) is 11.4 Å². The van der Waals surface area contributed by atoms with Gasteiger partial charge in [-0.1, -0.05) is 35.9 Å². The highest BCUT2D eigenvalue weighted by atomic mass is 19.1. The van der Waals surface area contributed by atoms with Crippen LogP contribution >= 0.6 is 0 Å². The third-order valence-corrected chi connectivity index (χ3v) is 3.04. The number of benzene rings is 2. The van der Waals surface area contributed by atoms with Crippen molar-refractivity contribution in [3.8, 4) is 6.07 Å². The Bertz CT molecular complexity index is 629. The summed E-state index contributed by atoms with van der Waals surface area (Å²) >= 11 is 0. The molecule has 0 radical (unpaired) electrons. The molecule has 3 heteroatoms. The molecule has 1 unspecified atom stereocenters. The van der Waals surface area contributed by atoms with Gasteiger partial charge in [0.05, 0.1) is 11.8 Å². The molecule has 2 nitrogen and oxygen atoms in total. The fraction of sp³-hybridized carbons (Fsp3) is 0.188. The molecule has 19 heavy (non-hydrogen) atoms. The molecule has 2 aromatic carbocycles. The molecule has 2 rings (SSSR count). The number of hydrogen-bond acceptors (Lipinski definition) is 2. The van der Waals surface area contributed by atoms with Crippen LogP contribution in [-0.2, 0) is 0 Å². The maximum atomic E-state index is 13.6. The molecule has 96 valence electrons. The molecule has 0 aliphatic carbocycles. The summed E-state index contributed by atoms with van der Waals surface area (Å²) in [5.41, 5.74) is 3.38. The van der Waals surface area contributed by atoms with Crippen molar-refractivity contribution in [2.45, 2.75) is 19.9 Å². The van der Waals surface area contributed by atoms with Gasteiger partial charge in [-0.25, -0.2) is 4.39 Å². The lowest BCUT2D eigenvalue weighted by Gasteiger charge is -2.16. The maximum absolute atomic E-state index is 13.6. The van der Waals surface area contributed by atoms with E-state index in [1.165, 1.54) is 6.07 Å². The Morgan fingerprint density at radius 3 is 2.53 bits per heavy atom. The molecule has 0 aliphatic heterocycles. The van der Waals surface area contributed by atoms with Crippen molar-refractivity contribution >= 4 is 5.69 Å². The first-order valence-corrected chi connectivity index (χ1v) is 6.09. The van der Waals surface area contributed by atoms with Gasteiger partial charge in [-0.3, -0.25) is 0 Å². The Morgan fingerprint density at radius 2 is 1.89 bits per heavy atom. The minimum Gasteiger partial charge on any atom is -0.364 e. The predicted octanol–water partition coefficient (Wildman–Crippen LogP) is 4.12. The van der Waals surface area contributed by atoms with Crippen LogP contribution in [0.15, 0.2) is 42.5 Å². The maximum Gasteiger partial charge on any atom is 0.146 e. The molecule has 0 aliphatic rings. The largest absolute Gasteiger partial charge is 0.364 e. The average Bonchev–Trinajstić information content (AvgIpc) is 2.39. The zero-order chi connectivity index (χ0) is 13.8. The van der Waals surface area contributed by atoms with Gasteiger partial charge >= 0.3 is 0 Å². The molecule has 0 aromatic heterocycles. The second kappa shape index (κ2) is 5.53. The Morgan fingerprint density at radius 1 is 1.16 bits per heavy atom. The number of rotatable bonds is 3. The molecule has 0 spiro atoms. The third kappa shape index (κ3) is 2.92. The van der Waals surface area contributed by atoms with Gasteiger partial charge in [-0.2, -0.15) is 5.26 Å². The molecular weight excluding hydrogens is 239 g/mol. The predicted molar refractivity (Wildman–Crippen MR) is 74.3 cm³/mol. The summed E-state index contributed by atoms with van der Waals surface area (Å²) in [5.74, 6) is -0.354. The van der Waals surface area contributed by atoms with E-state index >= 15 is 0 Å². The van der Waals surface area contributed by atoms with Crippen LogP contribution in [-0.4, -0.2) is 0 Å². The van der Waals surface area contributed by atoms with Crippen molar-refractivity contribution in [2.75, 3.05) is 5.32 Å². The summed E-state index contributed by atoms with van der Waals surface area (Å²) in [7, 11) is 0. The van der Waals surface area contributed by atoms with Gasteiger partial charge in [-0.15, -0.1) is 0 Å². The van der Waals surface area contributed by atoms with E-state index in [4.69, 9.17) is 0 Å². The van der Waals surface area contributed by atoms with E-state index in [0.29, 0.717) is 5.69 Å².